The number of aromatic nitrogens is 2. The molecule has 9 heteroatoms. The lowest BCUT2D eigenvalue weighted by molar-refractivity contribution is -0.140. The third-order valence-electron chi connectivity index (χ3n) is 6.41. The molecule has 0 aromatic carbocycles. The Morgan fingerprint density at radius 2 is 2.16 bits per heavy atom. The Kier molecular flexibility index (Phi) is 8.33. The maximum atomic E-state index is 13.1. The second-order valence-electron chi connectivity index (χ2n) is 8.33. The Bertz CT molecular complexity index is 864. The van der Waals surface area contributed by atoms with Gasteiger partial charge in [-0.1, -0.05) is 6.07 Å². The highest BCUT2D eigenvalue weighted by molar-refractivity contribution is 5.85. The van der Waals surface area contributed by atoms with Crippen LogP contribution in [0, 0.1) is 5.92 Å². The Hall–Kier alpha value is -1.67. The zero-order chi connectivity index (χ0) is 19.6. The number of carbonyl (C=O) groups excluding carboxylic acids is 1. The molecule has 3 aliphatic rings. The summed E-state index contributed by atoms with van der Waals surface area (Å²) in [6.45, 7) is 2.95. The highest BCUT2D eigenvalue weighted by Gasteiger charge is 2.38. The molecule has 5 rings (SSSR count). The van der Waals surface area contributed by atoms with E-state index in [-0.39, 0.29) is 42.7 Å². The first-order valence-corrected chi connectivity index (χ1v) is 10.8. The van der Waals surface area contributed by atoms with E-state index in [1.807, 2.05) is 17.2 Å². The van der Waals surface area contributed by atoms with Gasteiger partial charge in [-0.05, 0) is 37.3 Å². The highest BCUT2D eigenvalue weighted by atomic mass is 35.5. The number of aryl methyl sites for hydroxylation is 2. The topological polar surface area (TPSA) is 80.5 Å². The Morgan fingerprint density at radius 1 is 1.26 bits per heavy atom. The van der Waals surface area contributed by atoms with Crippen LogP contribution < -0.4 is 5.32 Å². The van der Waals surface area contributed by atoms with Crippen molar-refractivity contribution in [2.75, 3.05) is 19.7 Å². The molecule has 1 saturated carbocycles. The van der Waals surface area contributed by atoms with Crippen molar-refractivity contribution >= 4 is 30.7 Å². The number of nitrogens with one attached hydrogen (secondary N) is 1. The summed E-state index contributed by atoms with van der Waals surface area (Å²) in [5.74, 6) is 2.06. The number of hydrogen-bond acceptors (Lipinski definition) is 6. The van der Waals surface area contributed by atoms with E-state index in [9.17, 15) is 4.79 Å². The molecule has 3 atom stereocenters. The number of halogens is 2. The number of oxazole rings is 1. The van der Waals surface area contributed by atoms with Gasteiger partial charge in [0, 0.05) is 50.3 Å². The summed E-state index contributed by atoms with van der Waals surface area (Å²) < 4.78 is 11.8. The Morgan fingerprint density at radius 3 is 3.00 bits per heavy atom. The fraction of sp³-hybridized carbons (Fsp3) is 0.591. The summed E-state index contributed by atoms with van der Waals surface area (Å²) in [4.78, 5) is 24.0. The van der Waals surface area contributed by atoms with Gasteiger partial charge in [-0.2, -0.15) is 0 Å². The largest absolute Gasteiger partial charge is 0.445 e. The minimum absolute atomic E-state index is 0. The van der Waals surface area contributed by atoms with E-state index >= 15 is 0 Å². The second-order valence-corrected chi connectivity index (χ2v) is 8.33. The van der Waals surface area contributed by atoms with Crippen molar-refractivity contribution in [3.63, 3.8) is 0 Å². The third kappa shape index (κ3) is 5.40. The lowest BCUT2D eigenvalue weighted by Gasteiger charge is -2.40. The van der Waals surface area contributed by atoms with E-state index in [1.165, 1.54) is 5.56 Å². The van der Waals surface area contributed by atoms with E-state index in [0.717, 1.165) is 75.6 Å². The average Bonchev–Trinajstić information content (AvgIpc) is 3.20. The zero-order valence-electron chi connectivity index (χ0n) is 17.5. The third-order valence-corrected chi connectivity index (χ3v) is 6.41. The molecule has 1 aliphatic carbocycles. The lowest BCUT2D eigenvalue weighted by atomic mass is 9.82. The maximum absolute atomic E-state index is 13.1. The molecule has 1 amide bonds. The van der Waals surface area contributed by atoms with Crippen LogP contribution in [0.5, 0.6) is 0 Å². The molecule has 2 aromatic rings. The van der Waals surface area contributed by atoms with Crippen molar-refractivity contribution < 1.29 is 13.9 Å². The van der Waals surface area contributed by atoms with Crippen LogP contribution in [-0.4, -0.2) is 52.6 Å². The van der Waals surface area contributed by atoms with E-state index in [0.29, 0.717) is 12.6 Å². The fourth-order valence-electron chi connectivity index (χ4n) is 4.84. The van der Waals surface area contributed by atoms with Crippen molar-refractivity contribution in [2.24, 2.45) is 5.92 Å². The number of morpholine rings is 1. The summed E-state index contributed by atoms with van der Waals surface area (Å²) in [7, 11) is 0. The minimum Gasteiger partial charge on any atom is -0.445 e. The van der Waals surface area contributed by atoms with Gasteiger partial charge in [-0.15, -0.1) is 24.8 Å². The smallest absolute Gasteiger partial charge is 0.226 e. The van der Waals surface area contributed by atoms with Gasteiger partial charge in [0.1, 0.15) is 11.5 Å². The molecule has 0 spiro atoms. The van der Waals surface area contributed by atoms with Crippen LogP contribution >= 0.6 is 24.8 Å². The number of fused-ring (bicyclic) bond motifs is 2. The summed E-state index contributed by atoms with van der Waals surface area (Å²) in [5.41, 5.74) is 2.11. The molecule has 170 valence electrons. The number of carbonyl (C=O) groups is 1. The van der Waals surface area contributed by atoms with Crippen LogP contribution in [0.4, 0.5) is 0 Å². The second kappa shape index (κ2) is 10.8. The number of pyridine rings is 1. The van der Waals surface area contributed by atoms with Gasteiger partial charge in [-0.25, -0.2) is 4.98 Å². The molecule has 1 N–H and O–H groups in total. The number of hydrogen-bond donors (Lipinski definition) is 1. The normalized spacial score (nSPS) is 24.9. The first-order valence-electron chi connectivity index (χ1n) is 10.8. The van der Waals surface area contributed by atoms with E-state index in [4.69, 9.17) is 14.1 Å². The van der Waals surface area contributed by atoms with Crippen LogP contribution in [0.25, 0.3) is 0 Å². The number of rotatable bonds is 4. The first-order chi connectivity index (χ1) is 14.3. The van der Waals surface area contributed by atoms with Crippen molar-refractivity contribution in [2.45, 2.75) is 57.2 Å². The molecule has 31 heavy (non-hydrogen) atoms. The summed E-state index contributed by atoms with van der Waals surface area (Å²) in [5, 5.41) is 3.53. The van der Waals surface area contributed by atoms with E-state index in [2.05, 4.69) is 16.4 Å². The van der Waals surface area contributed by atoms with Crippen LogP contribution in [0.2, 0.25) is 0 Å². The highest BCUT2D eigenvalue weighted by Crippen LogP contribution is 2.31. The molecular weight excluding hydrogens is 439 g/mol. The Labute approximate surface area is 195 Å². The number of amides is 1. The van der Waals surface area contributed by atoms with E-state index < -0.39 is 0 Å². The predicted octanol–water partition coefficient (Wildman–Crippen LogP) is 2.74. The van der Waals surface area contributed by atoms with Gasteiger partial charge >= 0.3 is 0 Å². The van der Waals surface area contributed by atoms with Crippen molar-refractivity contribution in [3.05, 3.63) is 47.4 Å². The number of ether oxygens (including phenoxy) is 1. The predicted molar refractivity (Wildman–Crippen MR) is 121 cm³/mol. The molecule has 0 unspecified atom stereocenters. The molecule has 1 saturated heterocycles. The molecule has 0 bridgehead atoms. The summed E-state index contributed by atoms with van der Waals surface area (Å²) >= 11 is 0. The lowest BCUT2D eigenvalue weighted by Crippen LogP contribution is -2.53. The van der Waals surface area contributed by atoms with Crippen LogP contribution in [0.1, 0.15) is 42.2 Å². The van der Waals surface area contributed by atoms with Crippen LogP contribution in [-0.2, 0) is 35.3 Å². The van der Waals surface area contributed by atoms with Crippen molar-refractivity contribution in [3.8, 4) is 0 Å². The molecule has 0 radical (unpaired) electrons. The average molecular weight is 469 g/mol. The summed E-state index contributed by atoms with van der Waals surface area (Å²) in [6, 6.07) is 4.33. The van der Waals surface area contributed by atoms with Crippen molar-refractivity contribution in [1.29, 1.82) is 0 Å². The quantitative estimate of drug-likeness (QED) is 0.742. The standard InChI is InChI=1S/C22H28N4O3.2ClH/c27-22(16-4-5-19-17(12-16)24-9-11-28-19)26-10-7-20-18(14-26)25-21(29-20)6-3-15-2-1-8-23-13-15;;/h1-2,8,13,16-17,19,24H,3-7,9-12,14H2;2*1H/t16-,17+,19+;;/m0../s1. The van der Waals surface area contributed by atoms with Gasteiger partial charge < -0.3 is 19.4 Å². The van der Waals surface area contributed by atoms with Gasteiger partial charge in [0.25, 0.3) is 0 Å². The summed E-state index contributed by atoms with van der Waals surface area (Å²) in [6.07, 6.45) is 9.06. The maximum Gasteiger partial charge on any atom is 0.226 e. The number of nitrogens with zero attached hydrogens (tertiary/aromatic N) is 3. The van der Waals surface area contributed by atoms with Gasteiger partial charge in [0.05, 0.1) is 19.3 Å². The van der Waals surface area contributed by atoms with Crippen molar-refractivity contribution in [1.82, 2.24) is 20.2 Å². The minimum atomic E-state index is 0. The molecule has 7 nitrogen and oxygen atoms in total. The Balaban J connectivity index is 0.00000136. The van der Waals surface area contributed by atoms with Crippen LogP contribution in [0.15, 0.2) is 28.9 Å². The molecular formula is C22H30Cl2N4O3. The van der Waals surface area contributed by atoms with Crippen LogP contribution in [0.3, 0.4) is 0 Å². The molecule has 4 heterocycles. The molecule has 2 aromatic heterocycles. The first kappa shape index (κ1) is 24.0. The SMILES string of the molecule is Cl.Cl.O=C([C@H]1CC[C@H]2OCCN[C@@H]2C1)N1CCc2oc(CCc3cccnc3)nc2C1. The fourth-order valence-corrected chi connectivity index (χ4v) is 4.84. The molecule has 2 fully saturated rings. The van der Waals surface area contributed by atoms with Gasteiger partial charge in [0.2, 0.25) is 5.91 Å². The zero-order valence-corrected chi connectivity index (χ0v) is 19.1. The van der Waals surface area contributed by atoms with Gasteiger partial charge in [-0.3, -0.25) is 9.78 Å². The van der Waals surface area contributed by atoms with E-state index in [1.54, 1.807) is 6.20 Å². The molecule has 2 aliphatic heterocycles. The van der Waals surface area contributed by atoms with Gasteiger partial charge in [0.15, 0.2) is 5.89 Å². The monoisotopic (exact) mass is 468 g/mol.